The predicted octanol–water partition coefficient (Wildman–Crippen LogP) is 2.31. The van der Waals surface area contributed by atoms with Crippen LogP contribution in [0.1, 0.15) is 43.4 Å². The third kappa shape index (κ3) is 4.15. The highest BCUT2D eigenvalue weighted by Crippen LogP contribution is 2.18. The summed E-state index contributed by atoms with van der Waals surface area (Å²) < 4.78 is 0. The average Bonchev–Trinajstić information content (AvgIpc) is 3.13. The van der Waals surface area contributed by atoms with Gasteiger partial charge < -0.3 is 10.6 Å². The fourth-order valence-electron chi connectivity index (χ4n) is 2.01. The van der Waals surface area contributed by atoms with Gasteiger partial charge in [0.15, 0.2) is 0 Å². The Bertz CT molecular complexity index is 413. The first kappa shape index (κ1) is 13.1. The molecule has 2 N–H and O–H groups in total. The minimum absolute atomic E-state index is 0.0818. The summed E-state index contributed by atoms with van der Waals surface area (Å²) in [5.41, 5.74) is 2.39. The Morgan fingerprint density at radius 1 is 1.44 bits per heavy atom. The smallest absolute Gasteiger partial charge is 0.221 e. The van der Waals surface area contributed by atoms with Crippen molar-refractivity contribution in [3.63, 3.8) is 0 Å². The summed E-state index contributed by atoms with van der Waals surface area (Å²) in [5, 5.41) is 6.39. The second-order valence-corrected chi connectivity index (χ2v) is 5.18. The minimum atomic E-state index is 0.0818. The lowest BCUT2D eigenvalue weighted by Crippen LogP contribution is -2.30. The van der Waals surface area contributed by atoms with Crippen LogP contribution in [0, 0.1) is 6.92 Å². The topological polar surface area (TPSA) is 41.1 Å². The molecular formula is C15H22N2O. The number of aryl methyl sites for hydroxylation is 1. The molecule has 2 rings (SSSR count). The van der Waals surface area contributed by atoms with Crippen LogP contribution in [0.25, 0.3) is 0 Å². The summed E-state index contributed by atoms with van der Waals surface area (Å²) in [5.74, 6) is 0.122. The summed E-state index contributed by atoms with van der Waals surface area (Å²) >= 11 is 0. The molecule has 3 heteroatoms. The number of carbonyl (C=O) groups is 1. The van der Waals surface area contributed by atoms with Gasteiger partial charge in [-0.05, 0) is 32.3 Å². The molecule has 1 saturated carbocycles. The van der Waals surface area contributed by atoms with Gasteiger partial charge in [0.2, 0.25) is 5.91 Å². The second kappa shape index (κ2) is 6.01. The van der Waals surface area contributed by atoms with Crippen molar-refractivity contribution in [2.75, 3.05) is 6.54 Å². The summed E-state index contributed by atoms with van der Waals surface area (Å²) in [6.45, 7) is 4.88. The zero-order chi connectivity index (χ0) is 13.0. The molecule has 0 heterocycles. The van der Waals surface area contributed by atoms with E-state index in [0.29, 0.717) is 12.5 Å². The highest BCUT2D eigenvalue weighted by atomic mass is 16.1. The largest absolute Gasteiger partial charge is 0.350 e. The molecule has 0 saturated heterocycles. The maximum Gasteiger partial charge on any atom is 0.221 e. The Balaban J connectivity index is 1.75. The van der Waals surface area contributed by atoms with Gasteiger partial charge in [0.25, 0.3) is 0 Å². The Morgan fingerprint density at radius 2 is 2.22 bits per heavy atom. The molecule has 0 spiro atoms. The van der Waals surface area contributed by atoms with Crippen molar-refractivity contribution in [1.82, 2.24) is 10.6 Å². The molecule has 1 aliphatic rings. The summed E-state index contributed by atoms with van der Waals surface area (Å²) in [6.07, 6.45) is 3.09. The molecule has 0 aromatic heterocycles. The number of carbonyl (C=O) groups excluding carboxylic acids is 1. The number of amides is 1. The van der Waals surface area contributed by atoms with Crippen molar-refractivity contribution in [3.8, 4) is 0 Å². The van der Waals surface area contributed by atoms with E-state index in [2.05, 4.69) is 35.8 Å². The Kier molecular flexibility index (Phi) is 4.37. The highest BCUT2D eigenvalue weighted by Gasteiger charge is 2.20. The van der Waals surface area contributed by atoms with E-state index in [1.807, 2.05) is 13.0 Å². The van der Waals surface area contributed by atoms with Crippen LogP contribution < -0.4 is 10.6 Å². The van der Waals surface area contributed by atoms with Crippen molar-refractivity contribution in [2.24, 2.45) is 0 Å². The molecule has 3 nitrogen and oxygen atoms in total. The van der Waals surface area contributed by atoms with Gasteiger partial charge in [-0.2, -0.15) is 0 Å². The molecule has 98 valence electrons. The number of hydrogen-bond donors (Lipinski definition) is 2. The van der Waals surface area contributed by atoms with E-state index < -0.39 is 0 Å². The normalized spacial score (nSPS) is 16.3. The molecule has 1 aromatic rings. The molecule has 1 fully saturated rings. The van der Waals surface area contributed by atoms with Gasteiger partial charge in [0.05, 0.1) is 6.04 Å². The van der Waals surface area contributed by atoms with E-state index in [1.165, 1.54) is 24.0 Å². The van der Waals surface area contributed by atoms with E-state index in [4.69, 9.17) is 0 Å². The van der Waals surface area contributed by atoms with Crippen molar-refractivity contribution >= 4 is 5.91 Å². The maximum absolute atomic E-state index is 11.8. The maximum atomic E-state index is 11.8. The lowest BCUT2D eigenvalue weighted by molar-refractivity contribution is -0.121. The third-order valence-corrected chi connectivity index (χ3v) is 3.28. The molecule has 18 heavy (non-hydrogen) atoms. The minimum Gasteiger partial charge on any atom is -0.350 e. The fraction of sp³-hybridized carbons (Fsp3) is 0.533. The van der Waals surface area contributed by atoms with Crippen molar-refractivity contribution in [2.45, 2.75) is 45.2 Å². The number of rotatable bonds is 6. The van der Waals surface area contributed by atoms with Crippen LogP contribution in [0.15, 0.2) is 24.3 Å². The van der Waals surface area contributed by atoms with Gasteiger partial charge in [-0.25, -0.2) is 0 Å². The fourth-order valence-corrected chi connectivity index (χ4v) is 2.01. The molecule has 1 amide bonds. The second-order valence-electron chi connectivity index (χ2n) is 5.18. The van der Waals surface area contributed by atoms with Crippen molar-refractivity contribution < 1.29 is 4.79 Å². The zero-order valence-corrected chi connectivity index (χ0v) is 11.2. The molecule has 0 radical (unpaired) electrons. The predicted molar refractivity (Wildman–Crippen MR) is 73.4 cm³/mol. The number of hydrogen-bond acceptors (Lipinski definition) is 2. The van der Waals surface area contributed by atoms with Gasteiger partial charge in [-0.3, -0.25) is 4.79 Å². The van der Waals surface area contributed by atoms with Crippen molar-refractivity contribution in [3.05, 3.63) is 35.4 Å². The first-order valence-electron chi connectivity index (χ1n) is 6.74. The van der Waals surface area contributed by atoms with E-state index >= 15 is 0 Å². The summed E-state index contributed by atoms with van der Waals surface area (Å²) in [7, 11) is 0. The van der Waals surface area contributed by atoms with E-state index in [1.54, 1.807) is 0 Å². The van der Waals surface area contributed by atoms with Crippen LogP contribution in [0.4, 0.5) is 0 Å². The van der Waals surface area contributed by atoms with E-state index in [0.717, 1.165) is 6.54 Å². The monoisotopic (exact) mass is 246 g/mol. The van der Waals surface area contributed by atoms with Crippen molar-refractivity contribution in [1.29, 1.82) is 0 Å². The van der Waals surface area contributed by atoms with Crippen LogP contribution >= 0.6 is 0 Å². The SMILES string of the molecule is Cc1cccc([C@H](C)NC(=O)CCNC2CC2)c1. The average molecular weight is 246 g/mol. The van der Waals surface area contributed by atoms with Crippen LogP contribution in [0.2, 0.25) is 0 Å². The molecule has 0 unspecified atom stereocenters. The Morgan fingerprint density at radius 3 is 2.89 bits per heavy atom. The standard InChI is InChI=1S/C15H22N2O/c1-11-4-3-5-13(10-11)12(2)17-15(18)8-9-16-14-6-7-14/h3-5,10,12,14,16H,6-9H2,1-2H3,(H,17,18)/t12-/m0/s1. The van der Waals surface area contributed by atoms with Crippen LogP contribution in [0.3, 0.4) is 0 Å². The molecule has 1 atom stereocenters. The lowest BCUT2D eigenvalue weighted by atomic mass is 10.1. The first-order chi connectivity index (χ1) is 8.65. The van der Waals surface area contributed by atoms with E-state index in [-0.39, 0.29) is 11.9 Å². The number of nitrogens with one attached hydrogen (secondary N) is 2. The lowest BCUT2D eigenvalue weighted by Gasteiger charge is -2.15. The molecule has 1 aromatic carbocycles. The Hall–Kier alpha value is -1.35. The van der Waals surface area contributed by atoms with Gasteiger partial charge in [-0.1, -0.05) is 29.8 Å². The third-order valence-electron chi connectivity index (χ3n) is 3.28. The van der Waals surface area contributed by atoms with Gasteiger partial charge in [0, 0.05) is 19.0 Å². The van der Waals surface area contributed by atoms with E-state index in [9.17, 15) is 4.79 Å². The molecule has 0 aliphatic heterocycles. The molecular weight excluding hydrogens is 224 g/mol. The van der Waals surface area contributed by atoms with Crippen LogP contribution in [-0.2, 0) is 4.79 Å². The molecule has 1 aliphatic carbocycles. The van der Waals surface area contributed by atoms with Crippen LogP contribution in [0.5, 0.6) is 0 Å². The first-order valence-corrected chi connectivity index (χ1v) is 6.74. The summed E-state index contributed by atoms with van der Waals surface area (Å²) in [6, 6.07) is 9.03. The summed E-state index contributed by atoms with van der Waals surface area (Å²) in [4.78, 5) is 11.8. The quantitative estimate of drug-likeness (QED) is 0.808. The van der Waals surface area contributed by atoms with Gasteiger partial charge in [-0.15, -0.1) is 0 Å². The zero-order valence-electron chi connectivity index (χ0n) is 11.2. The highest BCUT2D eigenvalue weighted by molar-refractivity contribution is 5.76. The molecule has 0 bridgehead atoms. The number of benzene rings is 1. The van der Waals surface area contributed by atoms with Crippen LogP contribution in [-0.4, -0.2) is 18.5 Å². The van der Waals surface area contributed by atoms with Gasteiger partial charge in [0.1, 0.15) is 0 Å². The van der Waals surface area contributed by atoms with Gasteiger partial charge >= 0.3 is 0 Å². The Labute approximate surface area is 109 Å².